The molecule has 0 bridgehead atoms. The fourth-order valence-corrected chi connectivity index (χ4v) is 8.36. The quantitative estimate of drug-likeness (QED) is 0.0486. The average Bonchev–Trinajstić information content (AvgIpc) is 3.74. The number of nitrogens with zero attached hydrogens (tertiary/aromatic N) is 3. The summed E-state index contributed by atoms with van der Waals surface area (Å²) in [4.78, 5) is 22.7. The van der Waals surface area contributed by atoms with Gasteiger partial charge in [0.1, 0.15) is 16.5 Å². The van der Waals surface area contributed by atoms with Crippen LogP contribution >= 0.6 is 0 Å². The Balaban J connectivity index is 0.906. The minimum absolute atomic E-state index is 0.0844. The topological polar surface area (TPSA) is 135 Å². The maximum absolute atomic E-state index is 14.2. The normalized spacial score (nSPS) is 11.8. The molecule has 2 heterocycles. The predicted molar refractivity (Wildman–Crippen MR) is 232 cm³/mol. The number of aromatic nitrogens is 2. The summed E-state index contributed by atoms with van der Waals surface area (Å²) in [5, 5.41) is 0.0883. The zero-order valence-electron chi connectivity index (χ0n) is 35.1. The van der Waals surface area contributed by atoms with E-state index >= 15 is 0 Å². The number of benzene rings is 4. The third-order valence-corrected chi connectivity index (χ3v) is 12.5. The van der Waals surface area contributed by atoms with E-state index in [0.29, 0.717) is 63.5 Å². The second-order valence-corrected chi connectivity index (χ2v) is 18.9. The highest BCUT2D eigenvalue weighted by Crippen LogP contribution is 2.33. The minimum Gasteiger partial charge on any atom is -0.381 e. The van der Waals surface area contributed by atoms with Gasteiger partial charge >= 0.3 is 5.09 Å². The molecule has 0 atom stereocenters. The Kier molecular flexibility index (Phi) is 15.1. The van der Waals surface area contributed by atoms with Crippen LogP contribution in [0.4, 0.5) is 8.78 Å². The van der Waals surface area contributed by atoms with E-state index < -0.39 is 19.7 Å². The van der Waals surface area contributed by atoms with Crippen LogP contribution in [0.25, 0.3) is 33.9 Å². The molecule has 2 aromatic heterocycles. The summed E-state index contributed by atoms with van der Waals surface area (Å²) in [5.74, 6) is -0.745. The van der Waals surface area contributed by atoms with Gasteiger partial charge in [-0.25, -0.2) is 25.6 Å². The van der Waals surface area contributed by atoms with E-state index in [1.807, 2.05) is 47.2 Å². The van der Waals surface area contributed by atoms with E-state index in [9.17, 15) is 30.5 Å². The van der Waals surface area contributed by atoms with Crippen molar-refractivity contribution in [3.05, 3.63) is 148 Å². The molecule has 6 aromatic rings. The first-order chi connectivity index (χ1) is 29.6. The van der Waals surface area contributed by atoms with Crippen LogP contribution in [-0.2, 0) is 51.7 Å². The van der Waals surface area contributed by atoms with Crippen LogP contribution in [0.15, 0.2) is 119 Å². The van der Waals surface area contributed by atoms with Crippen molar-refractivity contribution in [1.29, 1.82) is 0 Å². The summed E-state index contributed by atoms with van der Waals surface area (Å²) in [7, 11) is -6.73. The first kappa shape index (κ1) is 45.8. The molecule has 0 spiro atoms. The number of hydrogen-bond donors (Lipinski definition) is 0. The molecule has 0 saturated heterocycles. The predicted octanol–water partition coefficient (Wildman–Crippen LogP) is 8.54. The van der Waals surface area contributed by atoms with E-state index in [1.54, 1.807) is 60.7 Å². The molecule has 0 aliphatic heterocycles. The van der Waals surface area contributed by atoms with E-state index in [0.717, 1.165) is 57.5 Å². The van der Waals surface area contributed by atoms with Gasteiger partial charge in [-0.2, -0.15) is 9.68 Å². The van der Waals surface area contributed by atoms with E-state index in [1.165, 1.54) is 24.3 Å². The van der Waals surface area contributed by atoms with Crippen molar-refractivity contribution in [2.75, 3.05) is 52.2 Å². The first-order valence-electron chi connectivity index (χ1n) is 20.0. The summed E-state index contributed by atoms with van der Waals surface area (Å²) in [6.07, 6.45) is 4.33. The van der Waals surface area contributed by atoms with Gasteiger partial charge in [0.2, 0.25) is 0 Å². The van der Waals surface area contributed by atoms with E-state index in [2.05, 4.69) is 0 Å². The molecule has 0 aliphatic rings. The minimum atomic E-state index is -3.36. The number of halogens is 2. The Morgan fingerprint density at radius 2 is 0.919 bits per heavy atom. The Bertz CT molecular complexity index is 2530. The average molecular weight is 891 g/mol. The highest BCUT2D eigenvalue weighted by Gasteiger charge is 2.19. The molecule has 0 amide bonds. The van der Waals surface area contributed by atoms with Gasteiger partial charge < -0.3 is 18.6 Å². The van der Waals surface area contributed by atoms with Crippen LogP contribution in [0.2, 0.25) is 0 Å². The maximum Gasteiger partial charge on any atom is 0.477 e. The molecule has 16 heteroatoms. The summed E-state index contributed by atoms with van der Waals surface area (Å²) in [5.41, 5.74) is 8.17. The summed E-state index contributed by atoms with van der Waals surface area (Å²) < 4.78 is 92.1. The number of ether oxygens (including phenoxy) is 2. The molecular weight excluding hydrogens is 841 g/mol. The van der Waals surface area contributed by atoms with Crippen molar-refractivity contribution < 1.29 is 49.9 Å². The van der Waals surface area contributed by atoms with Gasteiger partial charge in [0.25, 0.3) is 0 Å². The summed E-state index contributed by atoms with van der Waals surface area (Å²) >= 11 is 0. The Morgan fingerprint density at radius 1 is 0.532 bits per heavy atom. The third-order valence-electron chi connectivity index (χ3n) is 10.3. The van der Waals surface area contributed by atoms with Crippen molar-refractivity contribution in [2.45, 2.75) is 49.3 Å². The summed E-state index contributed by atoms with van der Waals surface area (Å²) in [6.45, 7) is 5.51. The van der Waals surface area contributed by atoms with Gasteiger partial charge in [-0.3, -0.25) is 0 Å². The van der Waals surface area contributed by atoms with Gasteiger partial charge in [0, 0.05) is 48.1 Å². The van der Waals surface area contributed by atoms with Crippen LogP contribution in [0.1, 0.15) is 35.4 Å². The molecule has 12 nitrogen and oxygen atoms in total. The van der Waals surface area contributed by atoms with Crippen LogP contribution in [0.3, 0.4) is 0 Å². The molecule has 0 fully saturated rings. The maximum atomic E-state index is 14.2. The molecule has 6 rings (SSSR count). The lowest BCUT2D eigenvalue weighted by molar-refractivity contribution is -0.981. The van der Waals surface area contributed by atoms with Crippen molar-refractivity contribution in [1.82, 2.24) is 9.13 Å². The molecule has 0 N–H and O–H groups in total. The molecular formula is C46H50F2N3O9S2+. The zero-order chi connectivity index (χ0) is 44.4. The molecule has 0 aliphatic carbocycles. The Morgan fingerprint density at radius 3 is 1.27 bits per heavy atom. The zero-order valence-corrected chi connectivity index (χ0v) is 36.7. The molecule has 0 radical (unpaired) electrons. The molecule has 62 heavy (non-hydrogen) atoms. The second-order valence-electron chi connectivity index (χ2n) is 14.8. The highest BCUT2D eigenvalue weighted by molar-refractivity contribution is 7.91. The molecule has 4 aromatic carbocycles. The fraction of sp³-hybridized carbons (Fsp3) is 0.304. The van der Waals surface area contributed by atoms with Gasteiger partial charge in [-0.05, 0) is 122 Å². The lowest BCUT2D eigenvalue weighted by atomic mass is 10.1. The Labute approximate surface area is 361 Å². The van der Waals surface area contributed by atoms with Gasteiger partial charge in [0.05, 0.1) is 47.6 Å². The van der Waals surface area contributed by atoms with Crippen molar-refractivity contribution in [2.24, 2.45) is 0 Å². The lowest BCUT2D eigenvalue weighted by Crippen LogP contribution is -2.14. The number of sulfone groups is 2. The van der Waals surface area contributed by atoms with Gasteiger partial charge in [-0.15, -0.1) is 0 Å². The van der Waals surface area contributed by atoms with Crippen molar-refractivity contribution >= 4 is 19.7 Å². The fourth-order valence-electron chi connectivity index (χ4n) is 7.10. The smallest absolute Gasteiger partial charge is 0.381 e. The number of rotatable bonds is 22. The largest absolute Gasteiger partial charge is 0.477 e. The Hall–Kier alpha value is -5.68. The SMILES string of the molecule is Cc1c(CCOCCCO[N+](=O)OCCCOCCc2cc(-c3ccc(S(C)(=O)=O)cc3)n(-c3cccc(F)c3)c2C)cc(-c2ccc(S(C)(=O)=O)cc2)n1-c1cccc(F)c1. The molecule has 328 valence electrons. The van der Waals surface area contributed by atoms with Crippen LogP contribution in [0, 0.1) is 30.4 Å². The third kappa shape index (κ3) is 11.8. The van der Waals surface area contributed by atoms with Gasteiger partial charge in [0.15, 0.2) is 32.9 Å². The second kappa shape index (κ2) is 20.5. The van der Waals surface area contributed by atoms with Crippen molar-refractivity contribution in [3.8, 4) is 33.9 Å². The number of hydrogen-bond acceptors (Lipinski definition) is 9. The highest BCUT2D eigenvalue weighted by atomic mass is 32.2. The van der Waals surface area contributed by atoms with Crippen molar-refractivity contribution in [3.63, 3.8) is 0 Å². The van der Waals surface area contributed by atoms with Crippen LogP contribution in [0.5, 0.6) is 0 Å². The monoisotopic (exact) mass is 890 g/mol. The molecule has 0 saturated carbocycles. The van der Waals surface area contributed by atoms with Crippen LogP contribution < -0.4 is 0 Å². The first-order valence-corrected chi connectivity index (χ1v) is 23.8. The van der Waals surface area contributed by atoms with Crippen LogP contribution in [-0.4, -0.2) is 83.2 Å². The standard InChI is InChI=1S/C46H50F2N3O9S2/c1-33-37(29-45(49(33)41-11-5-9-39(47)31-41)35-13-17-43(18-14-35)61(3,53)54)21-27-57-23-7-25-59-51(52)60-26-8-24-58-28-22-38-30-46(36-15-19-44(20-16-36)62(4,55)56)50(34(38)2)42-12-6-10-40(48)32-42/h5-6,9-20,29-32H,7-8,21-28H2,1-4H3/q+1. The van der Waals surface area contributed by atoms with E-state index in [4.69, 9.17) is 19.1 Å². The van der Waals surface area contributed by atoms with Gasteiger partial charge in [-0.1, -0.05) is 36.4 Å². The summed E-state index contributed by atoms with van der Waals surface area (Å²) in [6, 6.07) is 29.8. The lowest BCUT2D eigenvalue weighted by Gasteiger charge is -2.13. The van der Waals surface area contributed by atoms with E-state index in [-0.39, 0.29) is 39.7 Å². The molecule has 0 unspecified atom stereocenters.